The molecule has 0 fully saturated rings. The van der Waals surface area contributed by atoms with E-state index in [1.807, 2.05) is 24.5 Å². The quantitative estimate of drug-likeness (QED) is 0.692. The van der Waals surface area contributed by atoms with Gasteiger partial charge in [0, 0.05) is 24.8 Å². The molecule has 2 rings (SSSR count). The summed E-state index contributed by atoms with van der Waals surface area (Å²) >= 11 is 0. The fraction of sp³-hybridized carbons (Fsp3) is 0.250. The Morgan fingerprint density at radius 1 is 0.923 bits per heavy atom. The second-order valence-electron chi connectivity index (χ2n) is 2.55. The van der Waals surface area contributed by atoms with Gasteiger partial charge >= 0.3 is 0 Å². The van der Waals surface area contributed by atoms with Crippen LogP contribution in [0.4, 0.5) is 0 Å². The summed E-state index contributed by atoms with van der Waals surface area (Å²) in [5.74, 6) is 0. The second-order valence-corrected chi connectivity index (χ2v) is 2.55. The fourth-order valence-electron chi connectivity index (χ4n) is 0.982. The van der Waals surface area contributed by atoms with Gasteiger partial charge in [0.05, 0.1) is 0 Å². The summed E-state index contributed by atoms with van der Waals surface area (Å²) in [6.45, 7) is 0.903. The minimum absolute atomic E-state index is 0.451. The fourth-order valence-corrected chi connectivity index (χ4v) is 0.982. The molecule has 68 valence electrons. The number of aromatic nitrogens is 4. The molecule has 0 aromatic carbocycles. The Morgan fingerprint density at radius 2 is 1.46 bits per heavy atom. The first kappa shape index (κ1) is 8.00. The Hall–Kier alpha value is -1.62. The Kier molecular flexibility index (Phi) is 2.38. The molecule has 5 nitrogen and oxygen atoms in total. The summed E-state index contributed by atoms with van der Waals surface area (Å²) in [7, 11) is 0. The van der Waals surface area contributed by atoms with E-state index in [1.54, 1.807) is 21.8 Å². The van der Waals surface area contributed by atoms with Crippen molar-refractivity contribution in [3.05, 3.63) is 36.9 Å². The molecule has 0 radical (unpaired) electrons. The number of rotatable bonds is 4. The molecule has 0 aliphatic carbocycles. The molecule has 5 heteroatoms. The Bertz CT molecular complexity index is 293. The van der Waals surface area contributed by atoms with E-state index in [4.69, 9.17) is 4.74 Å². The van der Waals surface area contributed by atoms with Crippen LogP contribution in [0.15, 0.2) is 36.9 Å². The van der Waals surface area contributed by atoms with Crippen LogP contribution < -0.4 is 0 Å². The van der Waals surface area contributed by atoms with Crippen LogP contribution in [0.2, 0.25) is 0 Å². The molecule has 0 unspecified atom stereocenters. The third kappa shape index (κ3) is 2.16. The molecule has 2 aromatic heterocycles. The van der Waals surface area contributed by atoms with Crippen LogP contribution in [-0.4, -0.2) is 19.6 Å². The van der Waals surface area contributed by atoms with E-state index in [2.05, 4.69) is 10.2 Å². The molecule has 0 aliphatic rings. The van der Waals surface area contributed by atoms with Crippen molar-refractivity contribution in [3.8, 4) is 0 Å². The van der Waals surface area contributed by atoms with Crippen LogP contribution in [0, 0.1) is 0 Å². The molecule has 0 amide bonds. The standard InChI is InChI=1S/C8H10N4O/c1-3-9-11(5-1)7-13-8-12-6-2-4-10-12/h1-6H,7-8H2. The van der Waals surface area contributed by atoms with Crippen LogP contribution in [0.5, 0.6) is 0 Å². The zero-order valence-corrected chi connectivity index (χ0v) is 7.08. The molecular weight excluding hydrogens is 168 g/mol. The van der Waals surface area contributed by atoms with Crippen molar-refractivity contribution in [1.82, 2.24) is 19.6 Å². The maximum Gasteiger partial charge on any atom is 0.141 e. The lowest BCUT2D eigenvalue weighted by molar-refractivity contribution is 0.0147. The van der Waals surface area contributed by atoms with Gasteiger partial charge in [-0.2, -0.15) is 10.2 Å². The summed E-state index contributed by atoms with van der Waals surface area (Å²) in [4.78, 5) is 0. The molecule has 2 heterocycles. The Labute approximate surface area is 75.5 Å². The highest BCUT2D eigenvalue weighted by atomic mass is 16.5. The van der Waals surface area contributed by atoms with Crippen LogP contribution in [0.3, 0.4) is 0 Å². The molecule has 0 atom stereocenters. The predicted octanol–water partition coefficient (Wildman–Crippen LogP) is 0.711. The molecule has 0 saturated heterocycles. The van der Waals surface area contributed by atoms with Gasteiger partial charge in [0.25, 0.3) is 0 Å². The first-order chi connectivity index (χ1) is 6.45. The van der Waals surface area contributed by atoms with E-state index < -0.39 is 0 Å². The Morgan fingerprint density at radius 3 is 1.85 bits per heavy atom. The minimum Gasteiger partial charge on any atom is -0.337 e. The zero-order valence-electron chi connectivity index (χ0n) is 7.08. The van der Waals surface area contributed by atoms with Crippen molar-refractivity contribution in [1.29, 1.82) is 0 Å². The topological polar surface area (TPSA) is 44.9 Å². The normalized spacial score (nSPS) is 10.5. The van der Waals surface area contributed by atoms with E-state index in [9.17, 15) is 0 Å². The Balaban J connectivity index is 1.76. The second kappa shape index (κ2) is 3.86. The molecule has 0 bridgehead atoms. The maximum atomic E-state index is 5.32. The summed E-state index contributed by atoms with van der Waals surface area (Å²) in [6.07, 6.45) is 7.14. The first-order valence-electron chi connectivity index (χ1n) is 3.98. The van der Waals surface area contributed by atoms with Crippen molar-refractivity contribution in [3.63, 3.8) is 0 Å². The van der Waals surface area contributed by atoms with Gasteiger partial charge in [-0.25, -0.2) is 9.36 Å². The molecule has 0 N–H and O–H groups in total. The third-order valence-corrected chi connectivity index (χ3v) is 1.57. The number of ether oxygens (including phenoxy) is 1. The average molecular weight is 178 g/mol. The molecular formula is C8H10N4O. The summed E-state index contributed by atoms with van der Waals surface area (Å²) in [6, 6.07) is 3.72. The minimum atomic E-state index is 0.451. The number of hydrogen-bond donors (Lipinski definition) is 0. The molecule has 0 spiro atoms. The van der Waals surface area contributed by atoms with E-state index in [-0.39, 0.29) is 0 Å². The van der Waals surface area contributed by atoms with Crippen molar-refractivity contribution >= 4 is 0 Å². The summed E-state index contributed by atoms with van der Waals surface area (Å²) in [5, 5.41) is 7.99. The van der Waals surface area contributed by atoms with E-state index in [0.717, 1.165) is 0 Å². The van der Waals surface area contributed by atoms with Gasteiger partial charge in [-0.05, 0) is 12.1 Å². The van der Waals surface area contributed by atoms with Crippen molar-refractivity contribution in [2.75, 3.05) is 0 Å². The van der Waals surface area contributed by atoms with Gasteiger partial charge in [-0.15, -0.1) is 0 Å². The predicted molar refractivity (Wildman–Crippen MR) is 45.5 cm³/mol. The van der Waals surface area contributed by atoms with Gasteiger partial charge in [-0.3, -0.25) is 0 Å². The van der Waals surface area contributed by atoms with E-state index in [0.29, 0.717) is 13.5 Å². The van der Waals surface area contributed by atoms with Gasteiger partial charge < -0.3 is 4.74 Å². The first-order valence-corrected chi connectivity index (χ1v) is 3.98. The van der Waals surface area contributed by atoms with Crippen LogP contribution in [0.1, 0.15) is 0 Å². The van der Waals surface area contributed by atoms with Gasteiger partial charge in [0.2, 0.25) is 0 Å². The maximum absolute atomic E-state index is 5.32. The SMILES string of the molecule is c1cnn(COCn2cccn2)c1. The van der Waals surface area contributed by atoms with Crippen molar-refractivity contribution < 1.29 is 4.74 Å². The number of nitrogens with zero attached hydrogens (tertiary/aromatic N) is 4. The van der Waals surface area contributed by atoms with E-state index >= 15 is 0 Å². The van der Waals surface area contributed by atoms with Crippen molar-refractivity contribution in [2.24, 2.45) is 0 Å². The highest BCUT2D eigenvalue weighted by molar-refractivity contribution is 4.77. The largest absolute Gasteiger partial charge is 0.337 e. The molecule has 0 aliphatic heterocycles. The molecule has 13 heavy (non-hydrogen) atoms. The smallest absolute Gasteiger partial charge is 0.141 e. The van der Waals surface area contributed by atoms with Gasteiger partial charge in [0.1, 0.15) is 13.5 Å². The van der Waals surface area contributed by atoms with Gasteiger partial charge in [-0.1, -0.05) is 0 Å². The van der Waals surface area contributed by atoms with Crippen LogP contribution in [0.25, 0.3) is 0 Å². The third-order valence-electron chi connectivity index (χ3n) is 1.57. The lowest BCUT2D eigenvalue weighted by Gasteiger charge is -2.03. The van der Waals surface area contributed by atoms with Crippen molar-refractivity contribution in [2.45, 2.75) is 13.5 Å². The van der Waals surface area contributed by atoms with Crippen LogP contribution in [-0.2, 0) is 18.2 Å². The zero-order chi connectivity index (χ0) is 8.93. The average Bonchev–Trinajstić information content (AvgIpc) is 2.75. The summed E-state index contributed by atoms with van der Waals surface area (Å²) in [5.41, 5.74) is 0. The summed E-state index contributed by atoms with van der Waals surface area (Å²) < 4.78 is 8.75. The highest BCUT2D eigenvalue weighted by Crippen LogP contribution is 1.89. The molecule has 0 saturated carbocycles. The van der Waals surface area contributed by atoms with Gasteiger partial charge in [0.15, 0.2) is 0 Å². The lowest BCUT2D eigenvalue weighted by Crippen LogP contribution is -2.07. The monoisotopic (exact) mass is 178 g/mol. The number of hydrogen-bond acceptors (Lipinski definition) is 3. The van der Waals surface area contributed by atoms with Crippen LogP contribution >= 0.6 is 0 Å². The molecule has 2 aromatic rings. The highest BCUT2D eigenvalue weighted by Gasteiger charge is 1.91. The lowest BCUT2D eigenvalue weighted by atomic mass is 10.8. The van der Waals surface area contributed by atoms with E-state index in [1.165, 1.54) is 0 Å².